The highest BCUT2D eigenvalue weighted by Gasteiger charge is 2.26. The molecule has 3 nitrogen and oxygen atoms in total. The Morgan fingerprint density at radius 3 is 2.60 bits per heavy atom. The molecule has 1 aromatic heterocycles. The smallest absolute Gasteiger partial charge is 0.131 e. The molecule has 1 aliphatic rings. The van der Waals surface area contributed by atoms with Crippen molar-refractivity contribution in [2.24, 2.45) is 5.92 Å². The molecule has 108 valence electrons. The van der Waals surface area contributed by atoms with Crippen LogP contribution in [0.5, 0.6) is 0 Å². The predicted molar refractivity (Wildman–Crippen MR) is 86.3 cm³/mol. The first-order valence-corrected chi connectivity index (χ1v) is 7.62. The highest BCUT2D eigenvalue weighted by Crippen LogP contribution is 2.43. The number of nitrogens with one attached hydrogen (secondary N) is 1. The lowest BCUT2D eigenvalue weighted by Gasteiger charge is -2.21. The van der Waals surface area contributed by atoms with Crippen molar-refractivity contribution in [3.05, 3.63) is 47.2 Å². The van der Waals surface area contributed by atoms with Crippen LogP contribution in [0.15, 0.2) is 31.2 Å². The van der Waals surface area contributed by atoms with Crippen LogP contribution in [0.1, 0.15) is 35.8 Å². The largest absolute Gasteiger partial charge is 0.508 e. The maximum absolute atomic E-state index is 9.92. The zero-order valence-corrected chi connectivity index (χ0v) is 12.6. The fourth-order valence-corrected chi connectivity index (χ4v) is 3.90. The summed E-state index contributed by atoms with van der Waals surface area (Å²) >= 11 is 1.60. The maximum Gasteiger partial charge on any atom is 0.131 e. The molecule has 20 heavy (non-hydrogen) atoms. The number of aliphatic hydroxyl groups is 2. The molecule has 0 aromatic carbocycles. The van der Waals surface area contributed by atoms with Crippen molar-refractivity contribution in [1.82, 2.24) is 0 Å². The van der Waals surface area contributed by atoms with E-state index in [2.05, 4.69) is 32.0 Å². The molecule has 0 amide bonds. The third kappa shape index (κ3) is 2.75. The molecular formula is C16H21NO2S. The first kappa shape index (κ1) is 14.7. The molecule has 1 aromatic rings. The van der Waals surface area contributed by atoms with Gasteiger partial charge in [0.05, 0.1) is 11.3 Å². The SMILES string of the molecule is C=C(O)C(=C)Nc1sc2c(c1C(=C)O)CC(CC)CC2. The zero-order valence-electron chi connectivity index (χ0n) is 11.8. The lowest BCUT2D eigenvalue weighted by Crippen LogP contribution is -2.12. The van der Waals surface area contributed by atoms with Gasteiger partial charge in [0.25, 0.3) is 0 Å². The van der Waals surface area contributed by atoms with Crippen molar-refractivity contribution in [2.45, 2.75) is 32.6 Å². The third-order valence-corrected chi connectivity index (χ3v) is 5.05. The van der Waals surface area contributed by atoms with E-state index < -0.39 is 0 Å². The number of anilines is 1. The quantitative estimate of drug-likeness (QED) is 0.540. The zero-order chi connectivity index (χ0) is 14.9. The molecule has 0 bridgehead atoms. The molecular weight excluding hydrogens is 270 g/mol. The summed E-state index contributed by atoms with van der Waals surface area (Å²) in [6.07, 6.45) is 4.35. The molecule has 0 aliphatic heterocycles. The Kier molecular flexibility index (Phi) is 4.23. The standard InChI is InChI=1S/C16H21NO2S/c1-5-12-6-7-14-13(8-12)15(11(4)19)16(20-14)17-9(2)10(3)18/h12,17-19H,2-8H2,1H3. The second kappa shape index (κ2) is 5.75. The van der Waals surface area contributed by atoms with Gasteiger partial charge in [-0.1, -0.05) is 33.1 Å². The van der Waals surface area contributed by atoms with Crippen molar-refractivity contribution in [3.8, 4) is 0 Å². The van der Waals surface area contributed by atoms with Gasteiger partial charge < -0.3 is 15.5 Å². The second-order valence-corrected chi connectivity index (χ2v) is 6.33. The molecule has 1 atom stereocenters. The van der Waals surface area contributed by atoms with Crippen LogP contribution in [0.25, 0.3) is 5.76 Å². The molecule has 0 saturated carbocycles. The van der Waals surface area contributed by atoms with Crippen molar-refractivity contribution >= 4 is 22.1 Å². The maximum atomic E-state index is 9.92. The molecule has 1 aliphatic carbocycles. The Bertz CT molecular complexity index is 571. The third-order valence-electron chi connectivity index (χ3n) is 3.84. The van der Waals surface area contributed by atoms with Crippen LogP contribution < -0.4 is 5.32 Å². The van der Waals surface area contributed by atoms with Gasteiger partial charge in [-0.15, -0.1) is 11.3 Å². The number of hydrogen-bond acceptors (Lipinski definition) is 4. The molecule has 4 heteroatoms. The second-order valence-electron chi connectivity index (χ2n) is 5.22. The van der Waals surface area contributed by atoms with E-state index in [4.69, 9.17) is 0 Å². The van der Waals surface area contributed by atoms with Crippen LogP contribution in [0.2, 0.25) is 0 Å². The number of thiophene rings is 1. The van der Waals surface area contributed by atoms with Gasteiger partial charge >= 0.3 is 0 Å². The average Bonchev–Trinajstić information content (AvgIpc) is 2.75. The van der Waals surface area contributed by atoms with E-state index in [0.717, 1.165) is 29.8 Å². The molecule has 2 rings (SSSR count). The van der Waals surface area contributed by atoms with E-state index in [-0.39, 0.29) is 11.5 Å². The monoisotopic (exact) mass is 291 g/mol. The first-order chi connectivity index (χ1) is 9.43. The van der Waals surface area contributed by atoms with Crippen LogP contribution >= 0.6 is 11.3 Å². The van der Waals surface area contributed by atoms with Gasteiger partial charge in [0.2, 0.25) is 0 Å². The Labute approximate surface area is 124 Å². The highest BCUT2D eigenvalue weighted by atomic mass is 32.1. The summed E-state index contributed by atoms with van der Waals surface area (Å²) in [6.45, 7) is 13.0. The topological polar surface area (TPSA) is 52.5 Å². The van der Waals surface area contributed by atoms with Gasteiger partial charge in [-0.3, -0.25) is 0 Å². The summed E-state index contributed by atoms with van der Waals surface area (Å²) < 4.78 is 0. The van der Waals surface area contributed by atoms with Gasteiger partial charge in [-0.05, 0) is 30.7 Å². The number of rotatable bonds is 5. The Balaban J connectivity index is 2.39. The molecule has 1 heterocycles. The van der Waals surface area contributed by atoms with E-state index in [1.54, 1.807) is 11.3 Å². The summed E-state index contributed by atoms with van der Waals surface area (Å²) in [4.78, 5) is 1.29. The van der Waals surface area contributed by atoms with E-state index in [0.29, 0.717) is 11.6 Å². The van der Waals surface area contributed by atoms with Crippen molar-refractivity contribution in [3.63, 3.8) is 0 Å². The molecule has 0 fully saturated rings. The normalized spacial score (nSPS) is 17.4. The van der Waals surface area contributed by atoms with Crippen LogP contribution in [0.3, 0.4) is 0 Å². The van der Waals surface area contributed by atoms with Gasteiger partial charge in [0, 0.05) is 4.88 Å². The summed E-state index contributed by atoms with van der Waals surface area (Å²) in [6, 6.07) is 0. The molecule has 0 spiro atoms. The van der Waals surface area contributed by atoms with Crippen LogP contribution in [-0.4, -0.2) is 10.2 Å². The lowest BCUT2D eigenvalue weighted by atomic mass is 9.85. The van der Waals surface area contributed by atoms with E-state index in [1.165, 1.54) is 16.9 Å². The molecule has 0 radical (unpaired) electrons. The summed E-state index contributed by atoms with van der Waals surface area (Å²) in [7, 11) is 0. The number of hydrogen-bond donors (Lipinski definition) is 3. The number of aliphatic hydroxyl groups excluding tert-OH is 2. The number of fused-ring (bicyclic) bond motifs is 1. The van der Waals surface area contributed by atoms with Crippen molar-refractivity contribution < 1.29 is 10.2 Å². The highest BCUT2D eigenvalue weighted by molar-refractivity contribution is 7.16. The van der Waals surface area contributed by atoms with Crippen LogP contribution in [0, 0.1) is 5.92 Å². The number of aryl methyl sites for hydroxylation is 1. The van der Waals surface area contributed by atoms with Crippen molar-refractivity contribution in [1.29, 1.82) is 0 Å². The fourth-order valence-electron chi connectivity index (χ4n) is 2.61. The molecule has 1 unspecified atom stereocenters. The van der Waals surface area contributed by atoms with Gasteiger partial charge in [0.1, 0.15) is 16.5 Å². The van der Waals surface area contributed by atoms with Crippen molar-refractivity contribution in [2.75, 3.05) is 5.32 Å². The molecule has 0 saturated heterocycles. The lowest BCUT2D eigenvalue weighted by molar-refractivity contribution is 0.427. The van der Waals surface area contributed by atoms with E-state index >= 15 is 0 Å². The Morgan fingerprint density at radius 2 is 2.05 bits per heavy atom. The van der Waals surface area contributed by atoms with Gasteiger partial charge in [-0.2, -0.15) is 0 Å². The first-order valence-electron chi connectivity index (χ1n) is 6.81. The van der Waals surface area contributed by atoms with Gasteiger partial charge in [0.15, 0.2) is 0 Å². The minimum atomic E-state index is -0.0997. The van der Waals surface area contributed by atoms with Crippen LogP contribution in [-0.2, 0) is 12.8 Å². The predicted octanol–water partition coefficient (Wildman–Crippen LogP) is 4.79. The summed E-state index contributed by atoms with van der Waals surface area (Å²) in [5.41, 5.74) is 2.31. The average molecular weight is 291 g/mol. The Morgan fingerprint density at radius 1 is 1.35 bits per heavy atom. The van der Waals surface area contributed by atoms with Gasteiger partial charge in [-0.25, -0.2) is 0 Å². The minimum absolute atomic E-state index is 0.0677. The van der Waals surface area contributed by atoms with E-state index in [9.17, 15) is 10.2 Å². The molecule has 3 N–H and O–H groups in total. The summed E-state index contributed by atoms with van der Waals surface area (Å²) in [5, 5.41) is 23.1. The fraction of sp³-hybridized carbons (Fsp3) is 0.375. The Hall–Kier alpha value is -1.68. The van der Waals surface area contributed by atoms with Crippen LogP contribution in [0.4, 0.5) is 5.00 Å². The van der Waals surface area contributed by atoms with E-state index in [1.807, 2.05) is 0 Å². The summed E-state index contributed by atoms with van der Waals surface area (Å²) in [5.74, 6) is 0.634. The minimum Gasteiger partial charge on any atom is -0.508 e.